The summed E-state index contributed by atoms with van der Waals surface area (Å²) in [6, 6.07) is -1.27. The molecular formula is C13H26N2O3. The number of carboxylic acids is 1. The van der Waals surface area contributed by atoms with Gasteiger partial charge < -0.3 is 15.7 Å². The molecule has 0 saturated heterocycles. The Morgan fingerprint density at radius 3 is 2.00 bits per heavy atom. The highest BCUT2D eigenvalue weighted by Gasteiger charge is 2.28. The standard InChI is InChI=1S/C13H26N2O3/c1-7-9(10(16)17)14-11(18)15-13(5,6)8-12(2,3)4/h9H,7-8H2,1-6H3,(H,16,17)(H2,14,15,18). The van der Waals surface area contributed by atoms with E-state index in [-0.39, 0.29) is 11.0 Å². The quantitative estimate of drug-likeness (QED) is 0.708. The summed E-state index contributed by atoms with van der Waals surface area (Å²) in [7, 11) is 0. The molecule has 1 atom stereocenters. The number of aliphatic carboxylic acids is 1. The zero-order chi connectivity index (χ0) is 14.6. The van der Waals surface area contributed by atoms with E-state index in [4.69, 9.17) is 5.11 Å². The lowest BCUT2D eigenvalue weighted by atomic mass is 9.82. The van der Waals surface area contributed by atoms with Crippen LogP contribution >= 0.6 is 0 Å². The Morgan fingerprint density at radius 1 is 1.17 bits per heavy atom. The van der Waals surface area contributed by atoms with Gasteiger partial charge in [0, 0.05) is 5.54 Å². The van der Waals surface area contributed by atoms with Gasteiger partial charge in [-0.2, -0.15) is 0 Å². The van der Waals surface area contributed by atoms with E-state index in [0.29, 0.717) is 6.42 Å². The fourth-order valence-electron chi connectivity index (χ4n) is 2.21. The van der Waals surface area contributed by atoms with Gasteiger partial charge in [-0.1, -0.05) is 27.7 Å². The highest BCUT2D eigenvalue weighted by molar-refractivity contribution is 5.82. The zero-order valence-electron chi connectivity index (χ0n) is 12.3. The van der Waals surface area contributed by atoms with Gasteiger partial charge in [-0.25, -0.2) is 9.59 Å². The topological polar surface area (TPSA) is 78.4 Å². The minimum absolute atomic E-state index is 0.0910. The summed E-state index contributed by atoms with van der Waals surface area (Å²) < 4.78 is 0. The van der Waals surface area contributed by atoms with Crippen molar-refractivity contribution in [2.24, 2.45) is 5.41 Å². The minimum Gasteiger partial charge on any atom is -0.480 e. The van der Waals surface area contributed by atoms with Crippen molar-refractivity contribution in [3.63, 3.8) is 0 Å². The Kier molecular flexibility index (Phi) is 5.64. The molecule has 0 aliphatic rings. The van der Waals surface area contributed by atoms with Gasteiger partial charge in [-0.05, 0) is 32.1 Å². The number of urea groups is 1. The first-order valence-corrected chi connectivity index (χ1v) is 6.28. The molecule has 18 heavy (non-hydrogen) atoms. The first-order chi connectivity index (χ1) is 7.97. The summed E-state index contributed by atoms with van der Waals surface area (Å²) >= 11 is 0. The molecule has 106 valence electrons. The molecule has 0 radical (unpaired) electrons. The second-order valence-corrected chi connectivity index (χ2v) is 6.52. The van der Waals surface area contributed by atoms with E-state index in [2.05, 4.69) is 31.4 Å². The van der Waals surface area contributed by atoms with Crippen molar-refractivity contribution in [1.29, 1.82) is 0 Å². The van der Waals surface area contributed by atoms with E-state index in [1.807, 2.05) is 13.8 Å². The number of rotatable bonds is 5. The summed E-state index contributed by atoms with van der Waals surface area (Å²) in [6.07, 6.45) is 1.17. The van der Waals surface area contributed by atoms with Crippen LogP contribution in [0.5, 0.6) is 0 Å². The maximum Gasteiger partial charge on any atom is 0.326 e. The van der Waals surface area contributed by atoms with Gasteiger partial charge in [0.05, 0.1) is 0 Å². The largest absolute Gasteiger partial charge is 0.480 e. The lowest BCUT2D eigenvalue weighted by Crippen LogP contribution is -2.53. The van der Waals surface area contributed by atoms with Crippen LogP contribution in [0.3, 0.4) is 0 Å². The molecule has 0 aromatic carbocycles. The van der Waals surface area contributed by atoms with E-state index in [1.165, 1.54) is 0 Å². The van der Waals surface area contributed by atoms with Crippen molar-refractivity contribution in [2.45, 2.75) is 66.0 Å². The third kappa shape index (κ3) is 7.14. The first-order valence-electron chi connectivity index (χ1n) is 6.28. The normalized spacial score (nSPS) is 13.9. The smallest absolute Gasteiger partial charge is 0.326 e. The highest BCUT2D eigenvalue weighted by atomic mass is 16.4. The molecule has 2 amide bonds. The predicted molar refractivity (Wildman–Crippen MR) is 71.5 cm³/mol. The SMILES string of the molecule is CCC(NC(=O)NC(C)(C)CC(C)(C)C)C(=O)O. The third-order valence-electron chi connectivity index (χ3n) is 2.44. The Labute approximate surface area is 109 Å². The summed E-state index contributed by atoms with van der Waals surface area (Å²) in [4.78, 5) is 22.6. The maximum absolute atomic E-state index is 11.7. The number of hydrogen-bond donors (Lipinski definition) is 3. The summed E-state index contributed by atoms with van der Waals surface area (Å²) in [5.74, 6) is -1.01. The molecule has 0 spiro atoms. The van der Waals surface area contributed by atoms with Crippen LogP contribution < -0.4 is 10.6 Å². The molecule has 0 aromatic rings. The second-order valence-electron chi connectivity index (χ2n) is 6.52. The number of hydrogen-bond acceptors (Lipinski definition) is 2. The van der Waals surface area contributed by atoms with Crippen molar-refractivity contribution in [2.75, 3.05) is 0 Å². The van der Waals surface area contributed by atoms with Gasteiger partial charge in [0.25, 0.3) is 0 Å². The lowest BCUT2D eigenvalue weighted by Gasteiger charge is -2.33. The fourth-order valence-corrected chi connectivity index (χ4v) is 2.21. The first kappa shape index (κ1) is 16.7. The van der Waals surface area contributed by atoms with Crippen molar-refractivity contribution < 1.29 is 14.7 Å². The average molecular weight is 258 g/mol. The van der Waals surface area contributed by atoms with Crippen molar-refractivity contribution in [3.8, 4) is 0 Å². The van der Waals surface area contributed by atoms with Crippen molar-refractivity contribution in [3.05, 3.63) is 0 Å². The summed E-state index contributed by atoms with van der Waals surface area (Å²) in [5.41, 5.74) is -0.285. The van der Waals surface area contributed by atoms with E-state index in [0.717, 1.165) is 6.42 Å². The zero-order valence-corrected chi connectivity index (χ0v) is 12.3. The molecule has 5 nitrogen and oxygen atoms in total. The van der Waals surface area contributed by atoms with Crippen molar-refractivity contribution in [1.82, 2.24) is 10.6 Å². The van der Waals surface area contributed by atoms with Gasteiger partial charge >= 0.3 is 12.0 Å². The molecule has 1 unspecified atom stereocenters. The number of carbonyl (C=O) groups is 2. The fraction of sp³-hybridized carbons (Fsp3) is 0.846. The van der Waals surface area contributed by atoms with Crippen LogP contribution in [0, 0.1) is 5.41 Å². The molecule has 0 bridgehead atoms. The molecule has 0 aliphatic carbocycles. The maximum atomic E-state index is 11.7. The van der Waals surface area contributed by atoms with Gasteiger partial charge in [-0.3, -0.25) is 0 Å². The average Bonchev–Trinajstić information content (AvgIpc) is 2.08. The summed E-state index contributed by atoms with van der Waals surface area (Å²) in [6.45, 7) is 11.9. The number of carboxylic acid groups (broad SMARTS) is 1. The van der Waals surface area contributed by atoms with Crippen molar-refractivity contribution >= 4 is 12.0 Å². The van der Waals surface area contributed by atoms with Gasteiger partial charge in [-0.15, -0.1) is 0 Å². The Balaban J connectivity index is 4.43. The second kappa shape index (κ2) is 6.07. The molecule has 5 heteroatoms. The molecule has 0 rings (SSSR count). The van der Waals surface area contributed by atoms with E-state index in [9.17, 15) is 9.59 Å². The van der Waals surface area contributed by atoms with Crippen LogP contribution in [0.4, 0.5) is 4.79 Å². The Bertz CT molecular complexity index is 306. The van der Waals surface area contributed by atoms with Crippen LogP contribution in [0.2, 0.25) is 0 Å². The highest BCUT2D eigenvalue weighted by Crippen LogP contribution is 2.26. The number of amides is 2. The van der Waals surface area contributed by atoms with Gasteiger partial charge in [0.2, 0.25) is 0 Å². The van der Waals surface area contributed by atoms with Crippen LogP contribution in [0.25, 0.3) is 0 Å². The Hall–Kier alpha value is -1.26. The molecular weight excluding hydrogens is 232 g/mol. The third-order valence-corrected chi connectivity index (χ3v) is 2.44. The monoisotopic (exact) mass is 258 g/mol. The molecule has 0 aromatic heterocycles. The molecule has 0 heterocycles. The van der Waals surface area contributed by atoms with Gasteiger partial charge in [0.15, 0.2) is 0 Å². The van der Waals surface area contributed by atoms with Crippen LogP contribution in [-0.4, -0.2) is 28.7 Å². The van der Waals surface area contributed by atoms with Crippen LogP contribution in [-0.2, 0) is 4.79 Å². The number of carbonyl (C=O) groups excluding carboxylic acids is 1. The molecule has 3 N–H and O–H groups in total. The Morgan fingerprint density at radius 2 is 1.67 bits per heavy atom. The molecule has 0 aliphatic heterocycles. The molecule has 0 fully saturated rings. The minimum atomic E-state index is -1.01. The summed E-state index contributed by atoms with van der Waals surface area (Å²) in [5, 5.41) is 14.1. The predicted octanol–water partition coefficient (Wildman–Crippen LogP) is 2.36. The van der Waals surface area contributed by atoms with E-state index >= 15 is 0 Å². The van der Waals surface area contributed by atoms with Crippen LogP contribution in [0.15, 0.2) is 0 Å². The molecule has 0 saturated carbocycles. The van der Waals surface area contributed by atoms with E-state index in [1.54, 1.807) is 6.92 Å². The van der Waals surface area contributed by atoms with E-state index < -0.39 is 18.0 Å². The van der Waals surface area contributed by atoms with Crippen LogP contribution in [0.1, 0.15) is 54.4 Å². The van der Waals surface area contributed by atoms with Gasteiger partial charge in [0.1, 0.15) is 6.04 Å². The lowest BCUT2D eigenvalue weighted by molar-refractivity contribution is -0.139. The number of nitrogens with one attached hydrogen (secondary N) is 2.